The second-order valence-corrected chi connectivity index (χ2v) is 6.02. The number of benzene rings is 1. The van der Waals surface area contributed by atoms with Gasteiger partial charge in [0.2, 0.25) is 0 Å². The van der Waals surface area contributed by atoms with Gasteiger partial charge in [-0.3, -0.25) is 15.0 Å². The first kappa shape index (κ1) is 16.9. The maximum absolute atomic E-state index is 10.8. The Morgan fingerprint density at radius 2 is 2.20 bits per heavy atom. The maximum Gasteiger partial charge on any atom is 0.269 e. The van der Waals surface area contributed by atoms with Crippen LogP contribution in [-0.2, 0) is 6.54 Å². The van der Waals surface area contributed by atoms with Crippen LogP contribution >= 0.6 is 12.4 Å². The molecule has 1 saturated heterocycles. The normalized spacial score (nSPS) is 22.1. The van der Waals surface area contributed by atoms with Crippen LogP contribution in [0.1, 0.15) is 25.8 Å². The molecule has 0 aromatic heterocycles. The smallest absolute Gasteiger partial charge is 0.269 e. The molecule has 1 fully saturated rings. The number of halogens is 1. The Morgan fingerprint density at radius 3 is 2.80 bits per heavy atom. The Balaban J connectivity index is 0.00000200. The zero-order valence-corrected chi connectivity index (χ0v) is 12.7. The maximum atomic E-state index is 10.8. The molecule has 0 saturated carbocycles. The van der Waals surface area contributed by atoms with Crippen molar-refractivity contribution in [2.24, 2.45) is 11.1 Å². The van der Waals surface area contributed by atoms with Crippen LogP contribution in [-0.4, -0.2) is 29.0 Å². The Labute approximate surface area is 125 Å². The number of hydrogen-bond acceptors (Lipinski definition) is 4. The number of nitro groups is 1. The molecule has 1 aliphatic rings. The van der Waals surface area contributed by atoms with E-state index in [9.17, 15) is 10.1 Å². The van der Waals surface area contributed by atoms with Gasteiger partial charge >= 0.3 is 0 Å². The summed E-state index contributed by atoms with van der Waals surface area (Å²) in [5.74, 6) is 0. The third-order valence-electron chi connectivity index (χ3n) is 3.92. The second-order valence-electron chi connectivity index (χ2n) is 6.02. The SMILES string of the molecule is CC1(C)CN(Cc2cccc([N+](=O)[O-])c2)CCC1N.Cl. The van der Waals surface area contributed by atoms with Gasteiger partial charge in [0.25, 0.3) is 5.69 Å². The van der Waals surface area contributed by atoms with Crippen molar-refractivity contribution >= 4 is 18.1 Å². The fraction of sp³-hybridized carbons (Fsp3) is 0.571. The van der Waals surface area contributed by atoms with Crippen LogP contribution in [0.4, 0.5) is 5.69 Å². The largest absolute Gasteiger partial charge is 0.327 e. The molecule has 1 unspecified atom stereocenters. The molecule has 2 N–H and O–H groups in total. The lowest BCUT2D eigenvalue weighted by atomic mass is 9.79. The van der Waals surface area contributed by atoms with E-state index in [0.29, 0.717) is 0 Å². The van der Waals surface area contributed by atoms with Crippen molar-refractivity contribution in [2.75, 3.05) is 13.1 Å². The average molecular weight is 300 g/mol. The molecule has 6 heteroatoms. The highest BCUT2D eigenvalue weighted by molar-refractivity contribution is 5.85. The van der Waals surface area contributed by atoms with Crippen molar-refractivity contribution in [3.05, 3.63) is 39.9 Å². The third kappa shape index (κ3) is 3.91. The van der Waals surface area contributed by atoms with Crippen LogP contribution in [0.15, 0.2) is 24.3 Å². The summed E-state index contributed by atoms with van der Waals surface area (Å²) in [4.78, 5) is 12.7. The molecule has 0 spiro atoms. The molecule has 1 atom stereocenters. The summed E-state index contributed by atoms with van der Waals surface area (Å²) in [6, 6.07) is 7.10. The molecular weight excluding hydrogens is 278 g/mol. The minimum absolute atomic E-state index is 0. The van der Waals surface area contributed by atoms with Gasteiger partial charge in [-0.1, -0.05) is 26.0 Å². The molecule has 112 valence electrons. The van der Waals surface area contributed by atoms with Crippen molar-refractivity contribution in [1.29, 1.82) is 0 Å². The van der Waals surface area contributed by atoms with Crippen LogP contribution < -0.4 is 5.73 Å². The van der Waals surface area contributed by atoms with Gasteiger partial charge in [-0.15, -0.1) is 12.4 Å². The van der Waals surface area contributed by atoms with Crippen LogP contribution in [0, 0.1) is 15.5 Å². The van der Waals surface area contributed by atoms with Crippen LogP contribution in [0.5, 0.6) is 0 Å². The third-order valence-corrected chi connectivity index (χ3v) is 3.92. The number of piperidine rings is 1. The minimum atomic E-state index is -0.348. The topological polar surface area (TPSA) is 72.4 Å². The average Bonchev–Trinajstić information content (AvgIpc) is 2.34. The summed E-state index contributed by atoms with van der Waals surface area (Å²) in [7, 11) is 0. The number of rotatable bonds is 3. The van der Waals surface area contributed by atoms with Crippen LogP contribution in [0.2, 0.25) is 0 Å². The van der Waals surface area contributed by atoms with Crippen molar-refractivity contribution in [1.82, 2.24) is 4.90 Å². The summed E-state index contributed by atoms with van der Waals surface area (Å²) in [5.41, 5.74) is 7.36. The van der Waals surface area contributed by atoms with Crippen LogP contribution in [0.25, 0.3) is 0 Å². The van der Waals surface area contributed by atoms with E-state index in [1.807, 2.05) is 6.07 Å². The molecule has 1 heterocycles. The number of non-ortho nitro benzene ring substituents is 1. The van der Waals surface area contributed by atoms with E-state index in [1.54, 1.807) is 12.1 Å². The predicted octanol–water partition coefficient (Wildman–Crippen LogP) is 2.58. The number of nitrogens with zero attached hydrogens (tertiary/aromatic N) is 2. The lowest BCUT2D eigenvalue weighted by Gasteiger charge is -2.42. The minimum Gasteiger partial charge on any atom is -0.327 e. The van der Waals surface area contributed by atoms with Gasteiger partial charge in [0, 0.05) is 37.8 Å². The zero-order valence-electron chi connectivity index (χ0n) is 11.9. The molecule has 1 aromatic rings. The highest BCUT2D eigenvalue weighted by atomic mass is 35.5. The van der Waals surface area contributed by atoms with Gasteiger partial charge in [0.15, 0.2) is 0 Å². The molecule has 0 aliphatic carbocycles. The predicted molar refractivity (Wildman–Crippen MR) is 82.0 cm³/mol. The van der Waals surface area contributed by atoms with Gasteiger partial charge < -0.3 is 5.73 Å². The van der Waals surface area contributed by atoms with E-state index >= 15 is 0 Å². The fourth-order valence-corrected chi connectivity index (χ4v) is 2.65. The molecule has 20 heavy (non-hydrogen) atoms. The molecule has 5 nitrogen and oxygen atoms in total. The Kier molecular flexibility index (Phi) is 5.50. The summed E-state index contributed by atoms with van der Waals surface area (Å²) in [6.45, 7) is 6.98. The molecule has 2 rings (SSSR count). The Bertz CT molecular complexity index is 479. The molecule has 1 aromatic carbocycles. The van der Waals surface area contributed by atoms with E-state index in [1.165, 1.54) is 6.07 Å². The van der Waals surface area contributed by atoms with E-state index in [4.69, 9.17) is 5.73 Å². The molecule has 0 amide bonds. The number of nitrogens with two attached hydrogens (primary N) is 1. The van der Waals surface area contributed by atoms with E-state index in [2.05, 4.69) is 18.7 Å². The first-order valence-corrected chi connectivity index (χ1v) is 6.60. The fourth-order valence-electron chi connectivity index (χ4n) is 2.65. The molecular formula is C14H22ClN3O2. The molecule has 1 aliphatic heterocycles. The number of hydrogen-bond donors (Lipinski definition) is 1. The van der Waals surface area contributed by atoms with Gasteiger partial charge in [-0.25, -0.2) is 0 Å². The van der Waals surface area contributed by atoms with Crippen molar-refractivity contribution in [3.8, 4) is 0 Å². The highest BCUT2D eigenvalue weighted by Crippen LogP contribution is 2.28. The zero-order chi connectivity index (χ0) is 14.0. The van der Waals surface area contributed by atoms with Crippen LogP contribution in [0.3, 0.4) is 0 Å². The summed E-state index contributed by atoms with van der Waals surface area (Å²) < 4.78 is 0. The standard InChI is InChI=1S/C14H21N3O2.ClH/c1-14(2)10-16(7-6-13(14)15)9-11-4-3-5-12(8-11)17(18)19;/h3-5,8,13H,6-7,9-10,15H2,1-2H3;1H. The van der Waals surface area contributed by atoms with Gasteiger partial charge in [-0.2, -0.15) is 0 Å². The van der Waals surface area contributed by atoms with E-state index in [0.717, 1.165) is 31.6 Å². The number of likely N-dealkylation sites (tertiary alicyclic amines) is 1. The summed E-state index contributed by atoms with van der Waals surface area (Å²) in [5, 5.41) is 10.8. The monoisotopic (exact) mass is 299 g/mol. The van der Waals surface area contributed by atoms with E-state index in [-0.39, 0.29) is 34.5 Å². The Hall–Kier alpha value is -1.17. The van der Waals surface area contributed by atoms with Gasteiger partial charge in [0.05, 0.1) is 4.92 Å². The number of nitro benzene ring substituents is 1. The first-order chi connectivity index (χ1) is 8.88. The quantitative estimate of drug-likeness (QED) is 0.688. The molecule has 0 bridgehead atoms. The lowest BCUT2D eigenvalue weighted by Crippen LogP contribution is -2.52. The summed E-state index contributed by atoms with van der Waals surface area (Å²) in [6.07, 6.45) is 0.974. The lowest BCUT2D eigenvalue weighted by molar-refractivity contribution is -0.384. The Morgan fingerprint density at radius 1 is 1.50 bits per heavy atom. The second kappa shape index (κ2) is 6.52. The van der Waals surface area contributed by atoms with Crippen molar-refractivity contribution < 1.29 is 4.92 Å². The highest BCUT2D eigenvalue weighted by Gasteiger charge is 2.33. The summed E-state index contributed by atoms with van der Waals surface area (Å²) >= 11 is 0. The van der Waals surface area contributed by atoms with Gasteiger partial charge in [-0.05, 0) is 17.4 Å². The first-order valence-electron chi connectivity index (χ1n) is 6.60. The van der Waals surface area contributed by atoms with E-state index < -0.39 is 0 Å². The van der Waals surface area contributed by atoms with Gasteiger partial charge in [0.1, 0.15) is 0 Å². The van der Waals surface area contributed by atoms with Crippen molar-refractivity contribution in [2.45, 2.75) is 32.9 Å². The molecule has 0 radical (unpaired) electrons. The van der Waals surface area contributed by atoms with Crippen molar-refractivity contribution in [3.63, 3.8) is 0 Å².